The van der Waals surface area contributed by atoms with Crippen LogP contribution in [0.1, 0.15) is 15.9 Å². The molecule has 30 heavy (non-hydrogen) atoms. The second-order valence-electron chi connectivity index (χ2n) is 7.13. The molecule has 0 bridgehead atoms. The fourth-order valence-corrected chi connectivity index (χ4v) is 3.84. The first-order chi connectivity index (χ1) is 14.8. The summed E-state index contributed by atoms with van der Waals surface area (Å²) in [5, 5.41) is 6.72. The SMILES string of the molecule is O=C(c1cccc2c1Nc1ccccc1O2)c1cccc2c1Nc1ccccc1O2. The second kappa shape index (κ2) is 6.39. The summed E-state index contributed by atoms with van der Waals surface area (Å²) in [6.07, 6.45) is 0. The number of ketones is 1. The predicted octanol–water partition coefficient (Wildman–Crippen LogP) is 6.62. The van der Waals surface area contributed by atoms with Gasteiger partial charge in [0.2, 0.25) is 0 Å². The molecule has 2 heterocycles. The minimum absolute atomic E-state index is 0.116. The minimum Gasteiger partial charge on any atom is -0.453 e. The molecule has 4 aromatic carbocycles. The van der Waals surface area contributed by atoms with E-state index in [0.29, 0.717) is 34.0 Å². The molecule has 2 aliphatic heterocycles. The Labute approximate surface area is 172 Å². The molecule has 0 aromatic heterocycles. The molecule has 0 aliphatic carbocycles. The highest BCUT2D eigenvalue weighted by Crippen LogP contribution is 2.46. The summed E-state index contributed by atoms with van der Waals surface area (Å²) in [6, 6.07) is 26.3. The number of hydrogen-bond acceptors (Lipinski definition) is 5. The van der Waals surface area contributed by atoms with E-state index in [2.05, 4.69) is 10.6 Å². The van der Waals surface area contributed by atoms with E-state index in [4.69, 9.17) is 9.47 Å². The molecule has 5 nitrogen and oxygen atoms in total. The number of nitrogens with one attached hydrogen (secondary N) is 2. The summed E-state index contributed by atoms with van der Waals surface area (Å²) in [7, 11) is 0. The zero-order valence-electron chi connectivity index (χ0n) is 15.8. The lowest BCUT2D eigenvalue weighted by molar-refractivity contribution is 0.103. The molecular formula is C25H16N2O3. The van der Waals surface area contributed by atoms with E-state index in [1.165, 1.54) is 0 Å². The molecule has 0 fully saturated rings. The molecule has 5 heteroatoms. The van der Waals surface area contributed by atoms with E-state index in [-0.39, 0.29) is 5.78 Å². The molecule has 0 amide bonds. The predicted molar refractivity (Wildman–Crippen MR) is 116 cm³/mol. The quantitative estimate of drug-likeness (QED) is 0.324. The van der Waals surface area contributed by atoms with Gasteiger partial charge in [0, 0.05) is 11.1 Å². The molecule has 4 aromatic rings. The van der Waals surface area contributed by atoms with E-state index < -0.39 is 0 Å². The molecule has 0 saturated heterocycles. The molecule has 6 rings (SSSR count). The number of ether oxygens (including phenoxy) is 2. The van der Waals surface area contributed by atoms with Gasteiger partial charge < -0.3 is 20.1 Å². The molecule has 0 radical (unpaired) electrons. The van der Waals surface area contributed by atoms with Gasteiger partial charge in [0.15, 0.2) is 28.8 Å². The van der Waals surface area contributed by atoms with Gasteiger partial charge in [-0.15, -0.1) is 0 Å². The van der Waals surface area contributed by atoms with Crippen LogP contribution in [0.15, 0.2) is 84.9 Å². The van der Waals surface area contributed by atoms with Crippen LogP contribution in [0, 0.1) is 0 Å². The summed E-state index contributed by atoms with van der Waals surface area (Å²) in [6.45, 7) is 0. The van der Waals surface area contributed by atoms with Crippen molar-refractivity contribution in [2.24, 2.45) is 0 Å². The second-order valence-corrected chi connectivity index (χ2v) is 7.13. The van der Waals surface area contributed by atoms with Crippen LogP contribution in [0.3, 0.4) is 0 Å². The third-order valence-electron chi connectivity index (χ3n) is 5.27. The Morgan fingerprint density at radius 2 is 0.967 bits per heavy atom. The molecule has 0 saturated carbocycles. The largest absolute Gasteiger partial charge is 0.453 e. The van der Waals surface area contributed by atoms with E-state index in [0.717, 1.165) is 22.9 Å². The highest BCUT2D eigenvalue weighted by Gasteiger charge is 2.27. The molecule has 0 atom stereocenters. The summed E-state index contributed by atoms with van der Waals surface area (Å²) < 4.78 is 12.0. The number of hydrogen-bond donors (Lipinski definition) is 2. The Balaban J connectivity index is 1.43. The Bertz CT molecular complexity index is 1230. The Hall–Kier alpha value is -4.25. The Morgan fingerprint density at radius 3 is 1.47 bits per heavy atom. The normalized spacial score (nSPS) is 12.5. The summed E-state index contributed by atoms with van der Waals surface area (Å²) >= 11 is 0. The fraction of sp³-hybridized carbons (Fsp3) is 0. The first-order valence-corrected chi connectivity index (χ1v) is 9.66. The topological polar surface area (TPSA) is 59.6 Å². The number of anilines is 4. The monoisotopic (exact) mass is 392 g/mol. The average Bonchev–Trinajstić information content (AvgIpc) is 2.80. The number of para-hydroxylation sites is 6. The molecule has 2 aliphatic rings. The maximum Gasteiger partial charge on any atom is 0.197 e. The smallest absolute Gasteiger partial charge is 0.197 e. The van der Waals surface area contributed by atoms with Crippen LogP contribution in [0.5, 0.6) is 23.0 Å². The van der Waals surface area contributed by atoms with Gasteiger partial charge in [0.25, 0.3) is 0 Å². The lowest BCUT2D eigenvalue weighted by Crippen LogP contribution is -2.13. The van der Waals surface area contributed by atoms with Crippen molar-refractivity contribution in [3.05, 3.63) is 96.1 Å². The summed E-state index contributed by atoms with van der Waals surface area (Å²) in [5.74, 6) is 2.60. The first-order valence-electron chi connectivity index (χ1n) is 9.66. The van der Waals surface area contributed by atoms with Crippen molar-refractivity contribution in [1.82, 2.24) is 0 Å². The van der Waals surface area contributed by atoms with Crippen LogP contribution < -0.4 is 20.1 Å². The van der Waals surface area contributed by atoms with Crippen molar-refractivity contribution < 1.29 is 14.3 Å². The van der Waals surface area contributed by atoms with Gasteiger partial charge in [0.05, 0.1) is 22.7 Å². The molecule has 144 valence electrons. The van der Waals surface area contributed by atoms with E-state index in [1.807, 2.05) is 84.9 Å². The molecular weight excluding hydrogens is 376 g/mol. The summed E-state index contributed by atoms with van der Waals surface area (Å²) in [4.78, 5) is 13.6. The summed E-state index contributed by atoms with van der Waals surface area (Å²) in [5.41, 5.74) is 4.06. The minimum atomic E-state index is -0.116. The van der Waals surface area contributed by atoms with Gasteiger partial charge in [-0.25, -0.2) is 0 Å². The van der Waals surface area contributed by atoms with E-state index >= 15 is 0 Å². The molecule has 0 spiro atoms. The zero-order chi connectivity index (χ0) is 20.1. The van der Waals surface area contributed by atoms with Crippen molar-refractivity contribution in [2.75, 3.05) is 10.6 Å². The van der Waals surface area contributed by atoms with Crippen LogP contribution >= 0.6 is 0 Å². The van der Waals surface area contributed by atoms with Gasteiger partial charge in [-0.3, -0.25) is 4.79 Å². The highest BCUT2D eigenvalue weighted by molar-refractivity contribution is 6.17. The lowest BCUT2D eigenvalue weighted by Gasteiger charge is -2.25. The standard InChI is InChI=1S/C25H16N2O3/c28-25(15-7-5-13-21-23(15)26-17-9-1-3-11-19(17)29-21)16-8-6-14-22-24(16)27-18-10-2-4-12-20(18)30-22/h1-14,26-27H. The fourth-order valence-electron chi connectivity index (χ4n) is 3.84. The van der Waals surface area contributed by atoms with Crippen molar-refractivity contribution in [1.29, 1.82) is 0 Å². The van der Waals surface area contributed by atoms with Crippen molar-refractivity contribution in [3.8, 4) is 23.0 Å². The van der Waals surface area contributed by atoms with E-state index in [9.17, 15) is 4.79 Å². The van der Waals surface area contributed by atoms with Crippen LogP contribution in [0.25, 0.3) is 0 Å². The van der Waals surface area contributed by atoms with E-state index in [1.54, 1.807) is 0 Å². The highest BCUT2D eigenvalue weighted by atomic mass is 16.5. The zero-order valence-corrected chi connectivity index (χ0v) is 15.8. The van der Waals surface area contributed by atoms with Gasteiger partial charge in [0.1, 0.15) is 0 Å². The Kier molecular flexibility index (Phi) is 3.55. The van der Waals surface area contributed by atoms with Gasteiger partial charge in [-0.2, -0.15) is 0 Å². The number of carbonyl (C=O) groups is 1. The van der Waals surface area contributed by atoms with Crippen LogP contribution in [0.4, 0.5) is 22.7 Å². The number of carbonyl (C=O) groups excluding carboxylic acids is 1. The van der Waals surface area contributed by atoms with Gasteiger partial charge >= 0.3 is 0 Å². The third kappa shape index (κ3) is 2.53. The molecule has 2 N–H and O–H groups in total. The Morgan fingerprint density at radius 1 is 0.533 bits per heavy atom. The van der Waals surface area contributed by atoms with Gasteiger partial charge in [-0.1, -0.05) is 36.4 Å². The maximum absolute atomic E-state index is 13.6. The molecule has 0 unspecified atom stereocenters. The van der Waals surface area contributed by atoms with Crippen LogP contribution in [-0.2, 0) is 0 Å². The van der Waals surface area contributed by atoms with Crippen molar-refractivity contribution in [3.63, 3.8) is 0 Å². The van der Waals surface area contributed by atoms with Crippen molar-refractivity contribution in [2.45, 2.75) is 0 Å². The van der Waals surface area contributed by atoms with Crippen LogP contribution in [-0.4, -0.2) is 5.78 Å². The number of benzene rings is 4. The number of fused-ring (bicyclic) bond motifs is 4. The maximum atomic E-state index is 13.6. The van der Waals surface area contributed by atoms with Crippen LogP contribution in [0.2, 0.25) is 0 Å². The lowest BCUT2D eigenvalue weighted by atomic mass is 9.97. The van der Waals surface area contributed by atoms with Crippen molar-refractivity contribution >= 4 is 28.5 Å². The van der Waals surface area contributed by atoms with Gasteiger partial charge in [-0.05, 0) is 48.5 Å². The number of rotatable bonds is 2. The third-order valence-corrected chi connectivity index (χ3v) is 5.27. The average molecular weight is 392 g/mol. The first kappa shape index (κ1) is 16.7.